The Morgan fingerprint density at radius 3 is 2.65 bits per heavy atom. The number of nitrogens with zero attached hydrogens (tertiary/aromatic N) is 4. The van der Waals surface area contributed by atoms with Crippen molar-refractivity contribution in [1.82, 2.24) is 19.7 Å². The summed E-state index contributed by atoms with van der Waals surface area (Å²) in [6.07, 6.45) is 2.27. The third-order valence-electron chi connectivity index (χ3n) is 5.13. The van der Waals surface area contributed by atoms with E-state index in [1.54, 1.807) is 24.7 Å². The third-order valence-corrected chi connectivity index (χ3v) is 5.13. The highest BCUT2D eigenvalue weighted by Crippen LogP contribution is 2.26. The van der Waals surface area contributed by atoms with Gasteiger partial charge in [-0.05, 0) is 43.5 Å². The molecular formula is C23H26N6O2. The van der Waals surface area contributed by atoms with Gasteiger partial charge in [0, 0.05) is 29.8 Å². The molecule has 0 aromatic carbocycles. The second kappa shape index (κ2) is 8.56. The maximum atomic E-state index is 12.8. The van der Waals surface area contributed by atoms with Gasteiger partial charge < -0.3 is 10.3 Å². The zero-order chi connectivity index (χ0) is 22.8. The lowest BCUT2D eigenvalue weighted by atomic mass is 9.92. The van der Waals surface area contributed by atoms with E-state index in [2.05, 4.69) is 41.2 Å². The fourth-order valence-electron chi connectivity index (χ4n) is 3.35. The zero-order valence-corrected chi connectivity index (χ0v) is 18.4. The van der Waals surface area contributed by atoms with Gasteiger partial charge in [-0.15, -0.1) is 0 Å². The van der Waals surface area contributed by atoms with Crippen LogP contribution in [0.5, 0.6) is 0 Å². The quantitative estimate of drug-likeness (QED) is 0.659. The van der Waals surface area contributed by atoms with Gasteiger partial charge in [0.25, 0.3) is 5.56 Å². The van der Waals surface area contributed by atoms with Crippen LogP contribution in [-0.4, -0.2) is 25.7 Å². The molecule has 3 aromatic heterocycles. The molecular weight excluding hydrogens is 392 g/mol. The van der Waals surface area contributed by atoms with Gasteiger partial charge in [-0.25, -0.2) is 4.98 Å². The molecule has 8 heteroatoms. The molecule has 0 saturated heterocycles. The molecule has 2 N–H and O–H groups in total. The Bertz CT molecular complexity index is 1210. The summed E-state index contributed by atoms with van der Waals surface area (Å²) in [7, 11) is 0. The molecule has 3 aromatic rings. The summed E-state index contributed by atoms with van der Waals surface area (Å²) in [5, 5.41) is 16.8. The predicted octanol–water partition coefficient (Wildman–Crippen LogP) is 3.31. The standard InChI is InChI=1S/C23H26N6O2/c1-14-16(15(2)26-22(31)17(14)13-24)9-10-21(30)27-20-12-18(23(3,4)5)28-29(20)19-8-6-7-11-25-19/h6-8,11-12H,9-10H2,1-5H3,(H,26,31)(H,27,30). The van der Waals surface area contributed by atoms with Gasteiger partial charge in [-0.2, -0.15) is 15.0 Å². The van der Waals surface area contributed by atoms with E-state index >= 15 is 0 Å². The summed E-state index contributed by atoms with van der Waals surface area (Å²) in [5.74, 6) is 0.960. The number of pyridine rings is 2. The molecule has 0 fully saturated rings. The van der Waals surface area contributed by atoms with Crippen LogP contribution in [0.1, 0.15) is 55.3 Å². The molecule has 160 valence electrons. The summed E-state index contributed by atoms with van der Waals surface area (Å²) in [6, 6.07) is 9.30. The van der Waals surface area contributed by atoms with Crippen molar-refractivity contribution in [3.8, 4) is 11.9 Å². The van der Waals surface area contributed by atoms with Gasteiger partial charge in [-0.1, -0.05) is 26.8 Å². The molecule has 0 spiro atoms. The Labute approximate surface area is 181 Å². The molecule has 0 aliphatic rings. The number of rotatable bonds is 5. The number of aromatic amines is 1. The van der Waals surface area contributed by atoms with Crippen LogP contribution in [0.4, 0.5) is 5.82 Å². The number of nitrogens with one attached hydrogen (secondary N) is 2. The summed E-state index contributed by atoms with van der Waals surface area (Å²) < 4.78 is 1.63. The zero-order valence-electron chi connectivity index (χ0n) is 18.4. The Morgan fingerprint density at radius 2 is 2.03 bits per heavy atom. The van der Waals surface area contributed by atoms with Crippen molar-refractivity contribution in [3.63, 3.8) is 0 Å². The predicted molar refractivity (Wildman–Crippen MR) is 118 cm³/mol. The lowest BCUT2D eigenvalue weighted by Gasteiger charge is -2.13. The molecule has 0 aliphatic carbocycles. The van der Waals surface area contributed by atoms with Crippen molar-refractivity contribution in [3.05, 3.63) is 68.9 Å². The molecule has 0 atom stereocenters. The SMILES string of the molecule is Cc1[nH]c(=O)c(C#N)c(C)c1CCC(=O)Nc1cc(C(C)(C)C)nn1-c1ccccn1. The van der Waals surface area contributed by atoms with Crippen molar-refractivity contribution >= 4 is 11.7 Å². The number of carbonyl (C=O) groups excluding carboxylic acids is 1. The lowest BCUT2D eigenvalue weighted by Crippen LogP contribution is -2.19. The van der Waals surface area contributed by atoms with Crippen LogP contribution in [0.3, 0.4) is 0 Å². The minimum Gasteiger partial charge on any atom is -0.325 e. The van der Waals surface area contributed by atoms with E-state index in [4.69, 9.17) is 0 Å². The van der Waals surface area contributed by atoms with E-state index in [0.29, 0.717) is 29.3 Å². The Kier molecular flexibility index (Phi) is 6.07. The highest BCUT2D eigenvalue weighted by molar-refractivity contribution is 5.90. The summed E-state index contributed by atoms with van der Waals surface area (Å²) in [5.41, 5.74) is 2.41. The van der Waals surface area contributed by atoms with E-state index in [1.807, 2.05) is 30.3 Å². The number of anilines is 1. The number of aromatic nitrogens is 4. The van der Waals surface area contributed by atoms with Gasteiger partial charge in [0.15, 0.2) is 5.82 Å². The Hall–Kier alpha value is -3.73. The van der Waals surface area contributed by atoms with Gasteiger partial charge in [-0.3, -0.25) is 9.59 Å². The van der Waals surface area contributed by atoms with Crippen LogP contribution in [0.2, 0.25) is 0 Å². The number of carbonyl (C=O) groups is 1. The molecule has 1 amide bonds. The number of hydrogen-bond acceptors (Lipinski definition) is 5. The van der Waals surface area contributed by atoms with E-state index in [9.17, 15) is 14.9 Å². The van der Waals surface area contributed by atoms with Crippen molar-refractivity contribution in [2.75, 3.05) is 5.32 Å². The minimum absolute atomic E-state index is 0.0871. The molecule has 8 nitrogen and oxygen atoms in total. The van der Waals surface area contributed by atoms with E-state index in [1.165, 1.54) is 0 Å². The fraction of sp³-hybridized carbons (Fsp3) is 0.348. The first-order valence-electron chi connectivity index (χ1n) is 10.1. The van der Waals surface area contributed by atoms with Gasteiger partial charge in [0.2, 0.25) is 5.91 Å². The Morgan fingerprint density at radius 1 is 1.29 bits per heavy atom. The summed E-state index contributed by atoms with van der Waals surface area (Å²) in [6.45, 7) is 9.67. The van der Waals surface area contributed by atoms with Crippen molar-refractivity contribution in [1.29, 1.82) is 5.26 Å². The number of amides is 1. The second-order valence-corrected chi connectivity index (χ2v) is 8.48. The maximum absolute atomic E-state index is 12.8. The first-order valence-corrected chi connectivity index (χ1v) is 10.1. The van der Waals surface area contributed by atoms with E-state index in [-0.39, 0.29) is 23.3 Å². The van der Waals surface area contributed by atoms with E-state index < -0.39 is 5.56 Å². The minimum atomic E-state index is -0.403. The van der Waals surface area contributed by atoms with Crippen LogP contribution in [0.25, 0.3) is 5.82 Å². The van der Waals surface area contributed by atoms with Crippen LogP contribution >= 0.6 is 0 Å². The number of aryl methyl sites for hydroxylation is 1. The van der Waals surface area contributed by atoms with Crippen LogP contribution < -0.4 is 10.9 Å². The van der Waals surface area contributed by atoms with Crippen molar-refractivity contribution in [2.45, 2.75) is 52.9 Å². The maximum Gasteiger partial charge on any atom is 0.266 e. The second-order valence-electron chi connectivity index (χ2n) is 8.48. The fourth-order valence-corrected chi connectivity index (χ4v) is 3.35. The molecule has 0 radical (unpaired) electrons. The van der Waals surface area contributed by atoms with Crippen LogP contribution in [0, 0.1) is 25.2 Å². The van der Waals surface area contributed by atoms with Crippen LogP contribution in [-0.2, 0) is 16.6 Å². The molecule has 31 heavy (non-hydrogen) atoms. The van der Waals surface area contributed by atoms with Gasteiger partial charge in [0.1, 0.15) is 17.5 Å². The van der Waals surface area contributed by atoms with Gasteiger partial charge >= 0.3 is 0 Å². The van der Waals surface area contributed by atoms with E-state index in [0.717, 1.165) is 11.3 Å². The lowest BCUT2D eigenvalue weighted by molar-refractivity contribution is -0.116. The van der Waals surface area contributed by atoms with Crippen molar-refractivity contribution < 1.29 is 4.79 Å². The average Bonchev–Trinajstić information content (AvgIpc) is 3.12. The monoisotopic (exact) mass is 418 g/mol. The van der Waals surface area contributed by atoms with Crippen LogP contribution in [0.15, 0.2) is 35.3 Å². The number of hydrogen-bond donors (Lipinski definition) is 2. The molecule has 3 heterocycles. The molecule has 0 saturated carbocycles. The molecule has 3 rings (SSSR count). The summed E-state index contributed by atoms with van der Waals surface area (Å²) >= 11 is 0. The Balaban J connectivity index is 1.84. The first kappa shape index (κ1) is 22.0. The molecule has 0 unspecified atom stereocenters. The first-order chi connectivity index (χ1) is 14.6. The largest absolute Gasteiger partial charge is 0.325 e. The van der Waals surface area contributed by atoms with Crippen molar-refractivity contribution in [2.24, 2.45) is 0 Å². The highest BCUT2D eigenvalue weighted by atomic mass is 16.1. The highest BCUT2D eigenvalue weighted by Gasteiger charge is 2.22. The number of H-pyrrole nitrogens is 1. The number of nitriles is 1. The van der Waals surface area contributed by atoms with Gasteiger partial charge in [0.05, 0.1) is 5.69 Å². The third kappa shape index (κ3) is 4.72. The average molecular weight is 419 g/mol. The summed E-state index contributed by atoms with van der Waals surface area (Å²) in [4.78, 5) is 31.7. The normalized spacial score (nSPS) is 11.2. The molecule has 0 bridgehead atoms. The smallest absolute Gasteiger partial charge is 0.266 e. The molecule has 0 aliphatic heterocycles. The topological polar surface area (TPSA) is 116 Å².